The summed E-state index contributed by atoms with van der Waals surface area (Å²) >= 11 is 0. The molecule has 55 heavy (non-hydrogen) atoms. The van der Waals surface area contributed by atoms with Crippen molar-refractivity contribution in [1.29, 1.82) is 0 Å². The van der Waals surface area contributed by atoms with E-state index in [0.29, 0.717) is 0 Å². The smallest absolute Gasteiger partial charge is 0.132 e. The Morgan fingerprint density at radius 2 is 0.800 bits per heavy atom. The summed E-state index contributed by atoms with van der Waals surface area (Å²) in [5.41, 5.74) is 16.6. The van der Waals surface area contributed by atoms with Gasteiger partial charge in [-0.1, -0.05) is 188 Å². The van der Waals surface area contributed by atoms with E-state index in [0.717, 1.165) is 28.2 Å². The van der Waals surface area contributed by atoms with Crippen LogP contribution in [-0.2, 0) is 10.8 Å². The molecule has 1 spiro atoms. The molecule has 0 radical (unpaired) electrons. The Hall–Kier alpha value is -6.96. The van der Waals surface area contributed by atoms with E-state index >= 15 is 0 Å². The van der Waals surface area contributed by atoms with Crippen LogP contribution < -0.4 is 4.74 Å². The maximum atomic E-state index is 6.92. The minimum absolute atomic E-state index is 0.466. The van der Waals surface area contributed by atoms with E-state index in [1.54, 1.807) is 0 Å². The average molecular weight is 699 g/mol. The molecular weight excluding hydrogens is 665 g/mol. The highest BCUT2D eigenvalue weighted by Crippen LogP contribution is 2.62. The fraction of sp³-hybridized carbons (Fsp3) is 0.0370. The molecule has 256 valence electrons. The van der Waals surface area contributed by atoms with Crippen LogP contribution in [0.2, 0.25) is 0 Å². The standard InChI is InChI=1S/C54H34O/c1-3-17-38(18-4-1)53(39-19-5-2-6-20-39)46-26-11-12-28-50(46)55-51-34-37(30-32-47(51)53)36-29-31-42-40-21-7-9-24-44(40)54(49(42)33-36)45-25-10-8-22-41(45)43-23-13-15-35-16-14-27-48(54)52(35)43/h1-34H. The fourth-order valence-electron chi connectivity index (χ4n) is 10.5. The van der Waals surface area contributed by atoms with Crippen molar-refractivity contribution in [2.24, 2.45) is 0 Å². The number of benzene rings is 9. The quantitative estimate of drug-likeness (QED) is 0.178. The summed E-state index contributed by atoms with van der Waals surface area (Å²) in [6, 6.07) is 76.1. The van der Waals surface area contributed by atoms with E-state index in [9.17, 15) is 0 Å². The Labute approximate surface area is 320 Å². The molecule has 0 N–H and O–H groups in total. The Bertz CT molecular complexity index is 2970. The molecule has 0 aromatic heterocycles. The number of fused-ring (bicyclic) bond motifs is 11. The maximum Gasteiger partial charge on any atom is 0.132 e. The lowest BCUT2D eigenvalue weighted by Gasteiger charge is -2.41. The van der Waals surface area contributed by atoms with Gasteiger partial charge in [0.05, 0.1) is 10.8 Å². The van der Waals surface area contributed by atoms with E-state index in [2.05, 4.69) is 206 Å². The van der Waals surface area contributed by atoms with Crippen LogP contribution in [0.3, 0.4) is 0 Å². The summed E-state index contributed by atoms with van der Waals surface area (Å²) in [4.78, 5) is 0. The number of para-hydroxylation sites is 1. The second-order valence-corrected chi connectivity index (χ2v) is 15.1. The van der Waals surface area contributed by atoms with Crippen LogP contribution >= 0.6 is 0 Å². The van der Waals surface area contributed by atoms with E-state index in [1.807, 2.05) is 0 Å². The second kappa shape index (κ2) is 11.3. The Morgan fingerprint density at radius 1 is 0.291 bits per heavy atom. The van der Waals surface area contributed by atoms with Crippen LogP contribution in [0.1, 0.15) is 44.5 Å². The molecule has 1 atom stereocenters. The van der Waals surface area contributed by atoms with Crippen LogP contribution in [0, 0.1) is 0 Å². The predicted molar refractivity (Wildman–Crippen MR) is 224 cm³/mol. The van der Waals surface area contributed by atoms with Crippen LogP contribution in [-0.4, -0.2) is 0 Å². The molecule has 1 heterocycles. The number of hydrogen-bond acceptors (Lipinski definition) is 1. The first-order valence-electron chi connectivity index (χ1n) is 19.2. The van der Waals surface area contributed by atoms with Crippen LogP contribution in [0.5, 0.6) is 11.5 Å². The third-order valence-electron chi connectivity index (χ3n) is 12.6. The van der Waals surface area contributed by atoms with Crippen molar-refractivity contribution in [2.75, 3.05) is 0 Å². The molecule has 12 rings (SSSR count). The number of hydrogen-bond donors (Lipinski definition) is 0. The first-order chi connectivity index (χ1) is 27.3. The van der Waals surface area contributed by atoms with Crippen molar-refractivity contribution < 1.29 is 4.74 Å². The Kier molecular flexibility index (Phi) is 6.25. The highest BCUT2D eigenvalue weighted by molar-refractivity contribution is 6.07. The summed E-state index contributed by atoms with van der Waals surface area (Å²) in [5, 5.41) is 2.62. The monoisotopic (exact) mass is 698 g/mol. The summed E-state index contributed by atoms with van der Waals surface area (Å²) < 4.78 is 6.92. The molecular formula is C54H34O. The van der Waals surface area contributed by atoms with Gasteiger partial charge in [-0.3, -0.25) is 0 Å². The molecule has 2 aliphatic carbocycles. The van der Waals surface area contributed by atoms with Gasteiger partial charge >= 0.3 is 0 Å². The van der Waals surface area contributed by atoms with Crippen molar-refractivity contribution in [3.63, 3.8) is 0 Å². The van der Waals surface area contributed by atoms with Crippen LogP contribution in [0.4, 0.5) is 0 Å². The average Bonchev–Trinajstić information content (AvgIpc) is 3.55. The van der Waals surface area contributed by atoms with Gasteiger partial charge in [0, 0.05) is 11.1 Å². The van der Waals surface area contributed by atoms with Gasteiger partial charge in [-0.15, -0.1) is 0 Å². The molecule has 9 aromatic rings. The zero-order valence-electron chi connectivity index (χ0n) is 30.0. The first kappa shape index (κ1) is 30.5. The van der Waals surface area contributed by atoms with Gasteiger partial charge in [0.25, 0.3) is 0 Å². The third-order valence-corrected chi connectivity index (χ3v) is 12.6. The minimum Gasteiger partial charge on any atom is -0.457 e. The lowest BCUT2D eigenvalue weighted by molar-refractivity contribution is 0.435. The molecule has 0 saturated carbocycles. The van der Waals surface area contributed by atoms with Gasteiger partial charge in [-0.2, -0.15) is 0 Å². The molecule has 0 fully saturated rings. The van der Waals surface area contributed by atoms with Crippen LogP contribution in [0.15, 0.2) is 206 Å². The van der Waals surface area contributed by atoms with Gasteiger partial charge in [-0.05, 0) is 95.7 Å². The topological polar surface area (TPSA) is 9.23 Å². The zero-order valence-corrected chi connectivity index (χ0v) is 30.0. The predicted octanol–water partition coefficient (Wildman–Crippen LogP) is 13.3. The van der Waals surface area contributed by atoms with Crippen LogP contribution in [0.25, 0.3) is 44.2 Å². The van der Waals surface area contributed by atoms with Gasteiger partial charge < -0.3 is 4.74 Å². The van der Waals surface area contributed by atoms with Crippen molar-refractivity contribution in [1.82, 2.24) is 0 Å². The third kappa shape index (κ3) is 3.92. The highest BCUT2D eigenvalue weighted by Gasteiger charge is 2.50. The summed E-state index contributed by atoms with van der Waals surface area (Å²) in [6.07, 6.45) is 0. The van der Waals surface area contributed by atoms with Gasteiger partial charge in [-0.25, -0.2) is 0 Å². The van der Waals surface area contributed by atoms with Gasteiger partial charge in [0.15, 0.2) is 0 Å². The maximum absolute atomic E-state index is 6.92. The van der Waals surface area contributed by atoms with Crippen molar-refractivity contribution in [3.05, 3.63) is 251 Å². The molecule has 1 nitrogen and oxygen atoms in total. The van der Waals surface area contributed by atoms with E-state index < -0.39 is 10.8 Å². The van der Waals surface area contributed by atoms with Gasteiger partial charge in [0.1, 0.15) is 11.5 Å². The molecule has 9 aromatic carbocycles. The molecule has 1 heteroatoms. The Morgan fingerprint density at radius 3 is 1.53 bits per heavy atom. The van der Waals surface area contributed by atoms with Crippen molar-refractivity contribution >= 4 is 10.8 Å². The molecule has 1 unspecified atom stereocenters. The van der Waals surface area contributed by atoms with E-state index in [4.69, 9.17) is 4.74 Å². The van der Waals surface area contributed by atoms with E-state index in [-0.39, 0.29) is 0 Å². The molecule has 0 bridgehead atoms. The zero-order chi connectivity index (χ0) is 36.1. The SMILES string of the molecule is c1ccc(C2(c3ccccc3)c3ccccc3Oc3cc(-c4ccc5c(c4)C4(c6ccccc6-5)c5ccccc5-c5cccc6cccc4c56)ccc32)cc1. The number of ether oxygens (including phenoxy) is 1. The van der Waals surface area contributed by atoms with Crippen molar-refractivity contribution in [2.45, 2.75) is 10.8 Å². The van der Waals surface area contributed by atoms with E-state index in [1.165, 1.54) is 72.0 Å². The Balaban J connectivity index is 1.12. The minimum atomic E-state index is -0.549. The summed E-state index contributed by atoms with van der Waals surface area (Å²) in [5.74, 6) is 1.76. The first-order valence-corrected chi connectivity index (χ1v) is 19.2. The highest BCUT2D eigenvalue weighted by atomic mass is 16.5. The molecule has 3 aliphatic rings. The normalized spacial score (nSPS) is 16.4. The summed E-state index contributed by atoms with van der Waals surface area (Å²) in [6.45, 7) is 0. The largest absolute Gasteiger partial charge is 0.457 e. The summed E-state index contributed by atoms with van der Waals surface area (Å²) in [7, 11) is 0. The second-order valence-electron chi connectivity index (χ2n) is 15.1. The van der Waals surface area contributed by atoms with Crippen molar-refractivity contribution in [3.8, 4) is 44.9 Å². The molecule has 0 saturated heterocycles. The lowest BCUT2D eigenvalue weighted by atomic mass is 9.61. The van der Waals surface area contributed by atoms with Gasteiger partial charge in [0.2, 0.25) is 0 Å². The number of rotatable bonds is 3. The fourth-order valence-corrected chi connectivity index (χ4v) is 10.5. The lowest BCUT2D eigenvalue weighted by Crippen LogP contribution is -2.34. The molecule has 1 aliphatic heterocycles. The molecule has 0 amide bonds.